The first-order valence-electron chi connectivity index (χ1n) is 8.80. The van der Waals surface area contributed by atoms with Gasteiger partial charge in [-0.25, -0.2) is 0 Å². The third-order valence-electron chi connectivity index (χ3n) is 4.84. The summed E-state index contributed by atoms with van der Waals surface area (Å²) < 4.78 is 0. The summed E-state index contributed by atoms with van der Waals surface area (Å²) in [6, 6.07) is 8.26. The molecule has 0 aliphatic carbocycles. The van der Waals surface area contributed by atoms with Crippen LogP contribution in [0.15, 0.2) is 24.3 Å². The average Bonchev–Trinajstić information content (AvgIpc) is 2.89. The number of nitrogens with zero attached hydrogens (tertiary/aromatic N) is 1. The van der Waals surface area contributed by atoms with Crippen molar-refractivity contribution in [2.45, 2.75) is 45.8 Å². The molecule has 1 saturated heterocycles. The first-order chi connectivity index (χ1) is 11.4. The lowest BCUT2D eigenvalue weighted by Crippen LogP contribution is -2.52. The number of hydrazine groups is 1. The molecular weight excluding hydrogens is 302 g/mol. The van der Waals surface area contributed by atoms with Gasteiger partial charge in [0, 0.05) is 43.3 Å². The predicted molar refractivity (Wildman–Crippen MR) is 98.7 cm³/mol. The van der Waals surface area contributed by atoms with Crippen molar-refractivity contribution in [2.75, 3.05) is 24.5 Å². The maximum Gasteiger partial charge on any atom is 0.237 e. The summed E-state index contributed by atoms with van der Waals surface area (Å²) in [7, 11) is 0. The number of carbonyl (C=O) groups is 1. The summed E-state index contributed by atoms with van der Waals surface area (Å²) >= 11 is 0. The molecule has 5 N–H and O–H groups in total. The van der Waals surface area contributed by atoms with Crippen molar-refractivity contribution in [1.82, 2.24) is 16.2 Å². The maximum absolute atomic E-state index is 12.4. The number of anilines is 1. The number of carbonyl (C=O) groups excluding carboxylic acids is 1. The van der Waals surface area contributed by atoms with Gasteiger partial charge in [0.25, 0.3) is 0 Å². The molecule has 0 saturated carbocycles. The molecule has 1 aromatic carbocycles. The summed E-state index contributed by atoms with van der Waals surface area (Å²) in [6.07, 6.45) is 0. The van der Waals surface area contributed by atoms with Crippen LogP contribution in [0.3, 0.4) is 0 Å². The van der Waals surface area contributed by atoms with E-state index in [0.717, 1.165) is 13.1 Å². The van der Waals surface area contributed by atoms with Gasteiger partial charge in [-0.05, 0) is 45.4 Å². The van der Waals surface area contributed by atoms with Gasteiger partial charge in [-0.15, -0.1) is 0 Å². The van der Waals surface area contributed by atoms with Crippen LogP contribution in [0.2, 0.25) is 0 Å². The molecule has 0 aromatic heterocycles. The molecule has 3 unspecified atom stereocenters. The van der Waals surface area contributed by atoms with E-state index >= 15 is 0 Å². The number of nitrogens with two attached hydrogens (primary N) is 1. The van der Waals surface area contributed by atoms with Gasteiger partial charge < -0.3 is 16.0 Å². The lowest BCUT2D eigenvalue weighted by atomic mass is 9.88. The molecule has 2 rings (SSSR count). The maximum atomic E-state index is 12.4. The summed E-state index contributed by atoms with van der Waals surface area (Å²) in [4.78, 5) is 14.6. The van der Waals surface area contributed by atoms with Crippen LogP contribution in [0.4, 0.5) is 5.69 Å². The largest absolute Gasteiger partial charge is 0.370 e. The van der Waals surface area contributed by atoms with Gasteiger partial charge in [0.05, 0.1) is 6.04 Å². The molecule has 1 heterocycles. The molecule has 3 atom stereocenters. The van der Waals surface area contributed by atoms with Crippen molar-refractivity contribution >= 4 is 11.6 Å². The van der Waals surface area contributed by atoms with Gasteiger partial charge in [-0.2, -0.15) is 0 Å². The van der Waals surface area contributed by atoms with E-state index in [0.29, 0.717) is 6.54 Å². The molecule has 6 heteroatoms. The Labute approximate surface area is 145 Å². The van der Waals surface area contributed by atoms with E-state index in [2.05, 4.69) is 59.2 Å². The Hall–Kier alpha value is -1.63. The summed E-state index contributed by atoms with van der Waals surface area (Å²) in [6.45, 7) is 10.6. The van der Waals surface area contributed by atoms with Crippen molar-refractivity contribution < 1.29 is 4.79 Å². The van der Waals surface area contributed by atoms with Gasteiger partial charge in [0.1, 0.15) is 0 Å². The minimum absolute atomic E-state index is 0.0792. The Morgan fingerprint density at radius 1 is 1.33 bits per heavy atom. The highest BCUT2D eigenvalue weighted by Gasteiger charge is 2.37. The standard InChI is InChI=1S/C18H31N5O/c1-5-23(15-8-6-7-12(2)11-15)10-9-20-18(24)17(19)16-13(3)21-22-14(16)4/h6-8,11,13-14,16-17,21-22H,5,9-10,19H2,1-4H3,(H,20,24). The lowest BCUT2D eigenvalue weighted by Gasteiger charge is -2.26. The van der Waals surface area contributed by atoms with E-state index in [1.807, 2.05) is 13.8 Å². The SMILES string of the molecule is CCN(CCNC(=O)C(N)C1C(C)NNC1C)c1cccc(C)c1. The molecular formula is C18H31N5O. The average molecular weight is 333 g/mol. The van der Waals surface area contributed by atoms with E-state index in [1.54, 1.807) is 0 Å². The molecule has 0 radical (unpaired) electrons. The molecule has 24 heavy (non-hydrogen) atoms. The quantitative estimate of drug-likeness (QED) is 0.592. The molecule has 1 fully saturated rings. The van der Waals surface area contributed by atoms with Gasteiger partial charge in [-0.3, -0.25) is 15.6 Å². The number of hydrogen-bond acceptors (Lipinski definition) is 5. The molecule has 1 aliphatic rings. The molecule has 1 amide bonds. The van der Waals surface area contributed by atoms with Crippen LogP contribution >= 0.6 is 0 Å². The summed E-state index contributed by atoms with van der Waals surface area (Å²) in [5, 5.41) is 2.99. The van der Waals surface area contributed by atoms with Crippen molar-refractivity contribution in [3.63, 3.8) is 0 Å². The van der Waals surface area contributed by atoms with E-state index < -0.39 is 6.04 Å². The Morgan fingerprint density at radius 3 is 2.58 bits per heavy atom. The number of benzene rings is 1. The van der Waals surface area contributed by atoms with Crippen molar-refractivity contribution in [3.8, 4) is 0 Å². The van der Waals surface area contributed by atoms with Crippen LogP contribution < -0.4 is 26.8 Å². The second kappa shape index (κ2) is 8.46. The van der Waals surface area contributed by atoms with E-state index in [1.165, 1.54) is 11.3 Å². The topological polar surface area (TPSA) is 82.4 Å². The molecule has 0 spiro atoms. The molecule has 134 valence electrons. The van der Waals surface area contributed by atoms with Crippen LogP contribution in [0.25, 0.3) is 0 Å². The highest BCUT2D eigenvalue weighted by atomic mass is 16.2. The van der Waals surface area contributed by atoms with Crippen molar-refractivity contribution in [1.29, 1.82) is 0 Å². The minimum Gasteiger partial charge on any atom is -0.370 e. The summed E-state index contributed by atoms with van der Waals surface area (Å²) in [5.74, 6) is 0.00791. The smallest absolute Gasteiger partial charge is 0.237 e. The fourth-order valence-electron chi connectivity index (χ4n) is 3.41. The van der Waals surface area contributed by atoms with Gasteiger partial charge in [0.15, 0.2) is 0 Å². The second-order valence-corrected chi connectivity index (χ2v) is 6.68. The number of hydrogen-bond donors (Lipinski definition) is 4. The Kier molecular flexibility index (Phi) is 6.60. The number of amides is 1. The molecule has 6 nitrogen and oxygen atoms in total. The highest BCUT2D eigenvalue weighted by molar-refractivity contribution is 5.82. The number of nitrogens with one attached hydrogen (secondary N) is 3. The number of likely N-dealkylation sites (N-methyl/N-ethyl adjacent to an activating group) is 1. The van der Waals surface area contributed by atoms with Crippen LogP contribution in [-0.4, -0.2) is 43.7 Å². The zero-order valence-electron chi connectivity index (χ0n) is 15.2. The van der Waals surface area contributed by atoms with E-state index in [9.17, 15) is 4.79 Å². The fourth-order valence-corrected chi connectivity index (χ4v) is 3.41. The Balaban J connectivity index is 1.85. The third-order valence-corrected chi connectivity index (χ3v) is 4.84. The fraction of sp³-hybridized carbons (Fsp3) is 0.611. The first kappa shape index (κ1) is 18.7. The van der Waals surface area contributed by atoms with Crippen LogP contribution in [0, 0.1) is 12.8 Å². The Morgan fingerprint density at radius 2 is 2.00 bits per heavy atom. The van der Waals surface area contributed by atoms with Crippen molar-refractivity contribution in [3.05, 3.63) is 29.8 Å². The zero-order chi connectivity index (χ0) is 17.7. The van der Waals surface area contributed by atoms with Crippen molar-refractivity contribution in [2.24, 2.45) is 11.7 Å². The van der Waals surface area contributed by atoms with Gasteiger partial charge in [0.2, 0.25) is 5.91 Å². The van der Waals surface area contributed by atoms with E-state index in [4.69, 9.17) is 5.73 Å². The van der Waals surface area contributed by atoms with Gasteiger partial charge in [-0.1, -0.05) is 12.1 Å². The second-order valence-electron chi connectivity index (χ2n) is 6.68. The number of aryl methyl sites for hydroxylation is 1. The molecule has 1 aliphatic heterocycles. The minimum atomic E-state index is -0.508. The normalized spacial score (nSPS) is 24.6. The van der Waals surface area contributed by atoms with Gasteiger partial charge >= 0.3 is 0 Å². The zero-order valence-corrected chi connectivity index (χ0v) is 15.2. The Bertz CT molecular complexity index is 540. The summed E-state index contributed by atoms with van der Waals surface area (Å²) in [5.41, 5.74) is 14.9. The monoisotopic (exact) mass is 333 g/mol. The molecule has 1 aromatic rings. The third kappa shape index (κ3) is 4.47. The lowest BCUT2D eigenvalue weighted by molar-refractivity contribution is -0.123. The highest BCUT2D eigenvalue weighted by Crippen LogP contribution is 2.18. The number of rotatable bonds is 7. The van der Waals surface area contributed by atoms with Crippen LogP contribution in [-0.2, 0) is 4.79 Å². The first-order valence-corrected chi connectivity index (χ1v) is 8.80. The van der Waals surface area contributed by atoms with E-state index in [-0.39, 0.29) is 23.9 Å². The van der Waals surface area contributed by atoms with Crippen LogP contribution in [0.5, 0.6) is 0 Å². The van der Waals surface area contributed by atoms with Crippen LogP contribution in [0.1, 0.15) is 26.3 Å². The predicted octanol–water partition coefficient (Wildman–Crippen LogP) is 0.766. The molecule has 0 bridgehead atoms.